The highest BCUT2D eigenvalue weighted by molar-refractivity contribution is 7.90. The van der Waals surface area contributed by atoms with Crippen molar-refractivity contribution in [3.05, 3.63) is 17.5 Å². The second kappa shape index (κ2) is 4.96. The fourth-order valence-electron chi connectivity index (χ4n) is 2.50. The van der Waals surface area contributed by atoms with Crippen LogP contribution in [-0.4, -0.2) is 47.1 Å². The summed E-state index contributed by atoms with van der Waals surface area (Å²) in [7, 11) is -3.09. The van der Waals surface area contributed by atoms with Gasteiger partial charge in [0.2, 0.25) is 10.0 Å². The Hall–Kier alpha value is -1.21. The van der Waals surface area contributed by atoms with Crippen molar-refractivity contribution >= 4 is 10.0 Å². The van der Waals surface area contributed by atoms with E-state index < -0.39 is 10.0 Å². The molecule has 0 spiro atoms. The predicted molar refractivity (Wildman–Crippen MR) is 74.1 cm³/mol. The highest BCUT2D eigenvalue weighted by Crippen LogP contribution is 2.33. The lowest BCUT2D eigenvalue weighted by atomic mass is 10.3. The monoisotopic (exact) mass is 297 g/mol. The lowest BCUT2D eigenvalue weighted by Crippen LogP contribution is -2.33. The number of sulfonamides is 1. The topological polar surface area (TPSA) is 72.4 Å². The van der Waals surface area contributed by atoms with Crippen molar-refractivity contribution in [1.29, 1.82) is 0 Å². The maximum atomic E-state index is 12.1. The van der Waals surface area contributed by atoms with E-state index in [4.69, 9.17) is 4.74 Å². The molecule has 0 amide bonds. The van der Waals surface area contributed by atoms with Crippen molar-refractivity contribution in [2.24, 2.45) is 0 Å². The standard InChI is InChI=1S/C13H19N3O3S/c1-9-7-10(2)15-13(14-9)19-11-5-6-16(8-11)20(17,18)12-3-4-12/h7,11-12H,3-6,8H2,1-2H3/t11-/m1/s1. The summed E-state index contributed by atoms with van der Waals surface area (Å²) in [6, 6.07) is 2.23. The Kier molecular flexibility index (Phi) is 3.41. The van der Waals surface area contributed by atoms with Gasteiger partial charge in [0.1, 0.15) is 6.10 Å². The van der Waals surface area contributed by atoms with Crippen LogP contribution in [0.2, 0.25) is 0 Å². The first-order valence-corrected chi connectivity index (χ1v) is 8.43. The third-order valence-electron chi connectivity index (χ3n) is 3.65. The zero-order chi connectivity index (χ0) is 14.3. The van der Waals surface area contributed by atoms with Gasteiger partial charge in [-0.15, -0.1) is 0 Å². The zero-order valence-electron chi connectivity index (χ0n) is 11.7. The molecule has 1 aromatic rings. The molecule has 1 saturated carbocycles. The molecule has 0 N–H and O–H groups in total. The van der Waals surface area contributed by atoms with Crippen LogP contribution in [0.1, 0.15) is 30.7 Å². The fourth-order valence-corrected chi connectivity index (χ4v) is 4.38. The van der Waals surface area contributed by atoms with E-state index in [2.05, 4.69) is 9.97 Å². The van der Waals surface area contributed by atoms with Gasteiger partial charge in [-0.2, -0.15) is 4.31 Å². The third-order valence-corrected chi connectivity index (χ3v) is 6.01. The SMILES string of the molecule is Cc1cc(C)nc(O[C@@H]2CCN(S(=O)(=O)C3CC3)C2)n1. The Morgan fingerprint density at radius 3 is 2.45 bits per heavy atom. The predicted octanol–water partition coefficient (Wildman–Crippen LogP) is 1.04. The van der Waals surface area contributed by atoms with Gasteiger partial charge >= 0.3 is 6.01 Å². The Balaban J connectivity index is 1.65. The average molecular weight is 297 g/mol. The van der Waals surface area contributed by atoms with Crippen molar-refractivity contribution in [2.75, 3.05) is 13.1 Å². The Labute approximate surface area is 119 Å². The van der Waals surface area contributed by atoms with Gasteiger partial charge in [0, 0.05) is 17.9 Å². The summed E-state index contributed by atoms with van der Waals surface area (Å²) in [6.07, 6.45) is 2.14. The van der Waals surface area contributed by atoms with Crippen LogP contribution in [0.3, 0.4) is 0 Å². The first kappa shape index (κ1) is 13.8. The number of hydrogen-bond acceptors (Lipinski definition) is 5. The Bertz CT molecular complexity index is 593. The van der Waals surface area contributed by atoms with Crippen LogP contribution in [0.5, 0.6) is 6.01 Å². The minimum Gasteiger partial charge on any atom is -0.459 e. The number of aromatic nitrogens is 2. The van der Waals surface area contributed by atoms with Gasteiger partial charge in [-0.25, -0.2) is 18.4 Å². The summed E-state index contributed by atoms with van der Waals surface area (Å²) in [6.45, 7) is 4.73. The van der Waals surface area contributed by atoms with Crippen molar-refractivity contribution in [2.45, 2.75) is 44.5 Å². The highest BCUT2D eigenvalue weighted by Gasteiger charge is 2.43. The molecule has 0 unspecified atom stereocenters. The number of nitrogens with zero attached hydrogens (tertiary/aromatic N) is 3. The molecular weight excluding hydrogens is 278 g/mol. The Morgan fingerprint density at radius 1 is 1.20 bits per heavy atom. The Morgan fingerprint density at radius 2 is 1.85 bits per heavy atom. The van der Waals surface area contributed by atoms with E-state index in [9.17, 15) is 8.42 Å². The number of rotatable bonds is 4. The largest absolute Gasteiger partial charge is 0.459 e. The quantitative estimate of drug-likeness (QED) is 0.830. The molecule has 20 heavy (non-hydrogen) atoms. The van der Waals surface area contributed by atoms with Crippen LogP contribution < -0.4 is 4.74 Å². The summed E-state index contributed by atoms with van der Waals surface area (Å²) in [4.78, 5) is 8.46. The van der Waals surface area contributed by atoms with Gasteiger partial charge in [-0.1, -0.05) is 0 Å². The number of aryl methyl sites for hydroxylation is 2. The zero-order valence-corrected chi connectivity index (χ0v) is 12.6. The van der Waals surface area contributed by atoms with E-state index in [1.165, 1.54) is 0 Å². The van der Waals surface area contributed by atoms with Gasteiger partial charge in [-0.3, -0.25) is 0 Å². The maximum absolute atomic E-state index is 12.1. The van der Waals surface area contributed by atoms with E-state index in [0.717, 1.165) is 24.2 Å². The van der Waals surface area contributed by atoms with E-state index in [-0.39, 0.29) is 11.4 Å². The molecule has 2 fully saturated rings. The minimum atomic E-state index is -3.09. The lowest BCUT2D eigenvalue weighted by molar-refractivity contribution is 0.197. The maximum Gasteiger partial charge on any atom is 0.317 e. The number of hydrogen-bond donors (Lipinski definition) is 0. The van der Waals surface area contributed by atoms with Gasteiger partial charge in [0.15, 0.2) is 0 Å². The molecule has 7 heteroatoms. The van der Waals surface area contributed by atoms with E-state index in [1.54, 1.807) is 4.31 Å². The minimum absolute atomic E-state index is 0.148. The fraction of sp³-hybridized carbons (Fsp3) is 0.692. The molecule has 1 saturated heterocycles. The van der Waals surface area contributed by atoms with Crippen molar-refractivity contribution in [1.82, 2.24) is 14.3 Å². The second-order valence-electron chi connectivity index (χ2n) is 5.56. The van der Waals surface area contributed by atoms with E-state index >= 15 is 0 Å². The van der Waals surface area contributed by atoms with Crippen molar-refractivity contribution in [3.63, 3.8) is 0 Å². The van der Waals surface area contributed by atoms with Crippen LogP contribution >= 0.6 is 0 Å². The smallest absolute Gasteiger partial charge is 0.317 e. The molecule has 0 aromatic carbocycles. The van der Waals surface area contributed by atoms with Gasteiger partial charge in [-0.05, 0) is 39.2 Å². The average Bonchev–Trinajstić information content (AvgIpc) is 3.10. The van der Waals surface area contributed by atoms with Crippen LogP contribution in [0.15, 0.2) is 6.07 Å². The molecule has 110 valence electrons. The summed E-state index contributed by atoms with van der Waals surface area (Å²) in [5.41, 5.74) is 1.71. The molecule has 1 aliphatic heterocycles. The molecule has 6 nitrogen and oxygen atoms in total. The summed E-state index contributed by atoms with van der Waals surface area (Å²) < 4.78 is 31.6. The summed E-state index contributed by atoms with van der Waals surface area (Å²) >= 11 is 0. The van der Waals surface area contributed by atoms with E-state index in [0.29, 0.717) is 25.5 Å². The highest BCUT2D eigenvalue weighted by atomic mass is 32.2. The van der Waals surface area contributed by atoms with Crippen LogP contribution in [0, 0.1) is 13.8 Å². The first-order valence-electron chi connectivity index (χ1n) is 6.93. The molecular formula is C13H19N3O3S. The first-order chi connectivity index (χ1) is 9.45. The van der Waals surface area contributed by atoms with Crippen molar-refractivity contribution < 1.29 is 13.2 Å². The molecule has 2 heterocycles. The van der Waals surface area contributed by atoms with Crippen LogP contribution in [0.25, 0.3) is 0 Å². The summed E-state index contributed by atoms with van der Waals surface area (Å²) in [5, 5.41) is -0.154. The van der Waals surface area contributed by atoms with Gasteiger partial charge in [0.05, 0.1) is 11.8 Å². The lowest BCUT2D eigenvalue weighted by Gasteiger charge is -2.16. The van der Waals surface area contributed by atoms with Gasteiger partial charge in [0.25, 0.3) is 0 Å². The van der Waals surface area contributed by atoms with Crippen molar-refractivity contribution in [3.8, 4) is 6.01 Å². The molecule has 3 rings (SSSR count). The molecule has 0 bridgehead atoms. The second-order valence-corrected chi connectivity index (χ2v) is 7.78. The number of ether oxygens (including phenoxy) is 1. The van der Waals surface area contributed by atoms with Crippen LogP contribution in [0.4, 0.5) is 0 Å². The molecule has 1 aliphatic carbocycles. The molecule has 1 aromatic heterocycles. The molecule has 1 atom stereocenters. The van der Waals surface area contributed by atoms with Crippen LogP contribution in [-0.2, 0) is 10.0 Å². The van der Waals surface area contributed by atoms with Gasteiger partial charge < -0.3 is 4.74 Å². The molecule has 0 radical (unpaired) electrons. The molecule has 2 aliphatic rings. The van der Waals surface area contributed by atoms with E-state index in [1.807, 2.05) is 19.9 Å². The summed E-state index contributed by atoms with van der Waals surface area (Å²) in [5.74, 6) is 0. The normalized spacial score (nSPS) is 24.0. The third kappa shape index (κ3) is 2.78.